The number of benzene rings is 2. The van der Waals surface area contributed by atoms with Crippen LogP contribution in [0.1, 0.15) is 38.8 Å². The highest BCUT2D eigenvalue weighted by Gasteiger charge is 2.40. The molecule has 7 N–H and O–H groups in total. The summed E-state index contributed by atoms with van der Waals surface area (Å²) in [5, 5.41) is 8.21. The van der Waals surface area contributed by atoms with E-state index in [1.54, 1.807) is 58.0 Å². The number of carbonyl (C=O) groups is 1. The quantitative estimate of drug-likeness (QED) is 0.493. The maximum atomic E-state index is 13.2. The monoisotopic (exact) mass is 460 g/mol. The number of sulfonamides is 1. The molecule has 32 heavy (non-hydrogen) atoms. The molecule has 9 nitrogen and oxygen atoms in total. The Morgan fingerprint density at radius 3 is 2.31 bits per heavy atom. The van der Waals surface area contributed by atoms with E-state index in [-0.39, 0.29) is 11.3 Å². The molecule has 3 rings (SSSR count). The third-order valence-corrected chi connectivity index (χ3v) is 5.83. The predicted molar refractivity (Wildman–Crippen MR) is 121 cm³/mol. The fourth-order valence-corrected chi connectivity index (χ4v) is 3.74. The molecular weight excluding hydrogens is 432 g/mol. The third-order valence-electron chi connectivity index (χ3n) is 4.90. The van der Waals surface area contributed by atoms with Gasteiger partial charge in [0.2, 0.25) is 10.0 Å². The molecule has 2 aromatic rings. The summed E-state index contributed by atoms with van der Waals surface area (Å²) >= 11 is 0. The Labute approximate surface area is 187 Å². The smallest absolute Gasteiger partial charge is 0.331 e. The van der Waals surface area contributed by atoms with Crippen molar-refractivity contribution in [2.75, 3.05) is 5.32 Å². The first kappa shape index (κ1) is 23.6. The minimum absolute atomic E-state index is 0.0334. The topological polar surface area (TPSA) is 160 Å². The molecule has 1 atom stereocenters. The number of carbonyl (C=O) groups excluding carboxylic acids is 1. The van der Waals surface area contributed by atoms with Gasteiger partial charge in [0.25, 0.3) is 0 Å². The largest absolute Gasteiger partial charge is 0.458 e. The molecule has 0 radical (unpaired) electrons. The van der Waals surface area contributed by atoms with E-state index in [4.69, 9.17) is 26.1 Å². The molecule has 0 spiro atoms. The average Bonchev–Trinajstić information content (AvgIpc) is 2.67. The van der Waals surface area contributed by atoms with Gasteiger partial charge in [-0.1, -0.05) is 18.2 Å². The number of allylic oxidation sites excluding steroid dienone is 1. The van der Waals surface area contributed by atoms with Gasteiger partial charge in [-0.3, -0.25) is 0 Å². The fourth-order valence-electron chi connectivity index (χ4n) is 3.23. The van der Waals surface area contributed by atoms with Crippen LogP contribution in [0, 0.1) is 0 Å². The lowest BCUT2D eigenvalue weighted by atomic mass is 9.84. The highest BCUT2D eigenvalue weighted by atomic mass is 32.2. The maximum absolute atomic E-state index is 13.2. The average molecular weight is 461 g/mol. The minimum Gasteiger partial charge on any atom is -0.458 e. The zero-order chi connectivity index (χ0) is 23.9. The zero-order valence-electron chi connectivity index (χ0n) is 18.4. The number of anilines is 1. The second kappa shape index (κ2) is 8.12. The van der Waals surface area contributed by atoms with Gasteiger partial charge in [-0.05, 0) is 63.1 Å². The SMILES string of the molecule is CC1=C(N)Nc2cc(C(N)(Cc3ccc(S(N)(=O)=O)cc3)C(=O)OC(C)(C)C)ccc2O1. The van der Waals surface area contributed by atoms with Crippen LogP contribution in [0.15, 0.2) is 58.9 Å². The summed E-state index contributed by atoms with van der Waals surface area (Å²) in [5.74, 6) is 0.806. The van der Waals surface area contributed by atoms with Crippen molar-refractivity contribution < 1.29 is 22.7 Å². The molecule has 0 bridgehead atoms. The van der Waals surface area contributed by atoms with E-state index in [0.717, 1.165) is 0 Å². The summed E-state index contributed by atoms with van der Waals surface area (Å²) in [7, 11) is -3.84. The molecule has 1 heterocycles. The second-order valence-corrected chi connectivity index (χ2v) is 10.3. The first-order chi connectivity index (χ1) is 14.7. The Balaban J connectivity index is 2.03. The number of ether oxygens (including phenoxy) is 2. The van der Waals surface area contributed by atoms with E-state index in [1.165, 1.54) is 12.1 Å². The van der Waals surface area contributed by atoms with Gasteiger partial charge in [-0.2, -0.15) is 0 Å². The highest BCUT2D eigenvalue weighted by molar-refractivity contribution is 7.89. The Kier molecular flexibility index (Phi) is 5.98. The Hall–Kier alpha value is -3.08. The van der Waals surface area contributed by atoms with Gasteiger partial charge in [0.15, 0.2) is 5.75 Å². The van der Waals surface area contributed by atoms with E-state index >= 15 is 0 Å². The molecule has 1 aliphatic rings. The van der Waals surface area contributed by atoms with E-state index < -0.39 is 27.1 Å². The summed E-state index contributed by atoms with van der Waals surface area (Å²) < 4.78 is 34.4. The summed E-state index contributed by atoms with van der Waals surface area (Å²) in [6.45, 7) is 6.99. The molecular formula is C22H28N4O5S. The minimum atomic E-state index is -3.84. The van der Waals surface area contributed by atoms with Crippen molar-refractivity contribution in [1.29, 1.82) is 0 Å². The van der Waals surface area contributed by atoms with Gasteiger partial charge in [0, 0.05) is 6.42 Å². The van der Waals surface area contributed by atoms with Crippen LogP contribution in [-0.4, -0.2) is 20.0 Å². The number of nitrogens with two attached hydrogens (primary N) is 3. The number of rotatable bonds is 5. The molecule has 0 amide bonds. The maximum Gasteiger partial charge on any atom is 0.331 e. The van der Waals surface area contributed by atoms with Crippen LogP contribution in [0.25, 0.3) is 0 Å². The van der Waals surface area contributed by atoms with Crippen molar-refractivity contribution in [2.45, 2.75) is 50.2 Å². The summed E-state index contributed by atoms with van der Waals surface area (Å²) in [6.07, 6.45) is 0.0524. The lowest BCUT2D eigenvalue weighted by Crippen LogP contribution is -2.50. The molecule has 2 aromatic carbocycles. The molecule has 0 fully saturated rings. The third kappa shape index (κ3) is 5.04. The van der Waals surface area contributed by atoms with Crippen LogP contribution in [0.3, 0.4) is 0 Å². The van der Waals surface area contributed by atoms with Crippen LogP contribution in [0.4, 0.5) is 5.69 Å². The van der Waals surface area contributed by atoms with E-state index in [2.05, 4.69) is 5.32 Å². The molecule has 0 aromatic heterocycles. The number of hydrogen-bond acceptors (Lipinski definition) is 8. The Morgan fingerprint density at radius 1 is 1.12 bits per heavy atom. The van der Waals surface area contributed by atoms with Crippen LogP contribution in [0.5, 0.6) is 5.75 Å². The van der Waals surface area contributed by atoms with Gasteiger partial charge >= 0.3 is 5.97 Å². The van der Waals surface area contributed by atoms with Gasteiger partial charge in [-0.25, -0.2) is 18.4 Å². The van der Waals surface area contributed by atoms with Crippen molar-refractivity contribution >= 4 is 21.7 Å². The Morgan fingerprint density at radius 2 is 1.75 bits per heavy atom. The second-order valence-electron chi connectivity index (χ2n) is 8.75. The molecule has 0 saturated carbocycles. The van der Waals surface area contributed by atoms with Crippen LogP contribution in [-0.2, 0) is 31.5 Å². The van der Waals surface area contributed by atoms with Crippen LogP contribution >= 0.6 is 0 Å². The number of hydrogen-bond donors (Lipinski definition) is 4. The van der Waals surface area contributed by atoms with Gasteiger partial charge in [-0.15, -0.1) is 0 Å². The van der Waals surface area contributed by atoms with Gasteiger partial charge < -0.3 is 26.3 Å². The van der Waals surface area contributed by atoms with Crippen molar-refractivity contribution in [3.8, 4) is 5.75 Å². The molecule has 1 aliphatic heterocycles. The number of esters is 1. The molecule has 172 valence electrons. The normalized spacial score (nSPS) is 15.8. The summed E-state index contributed by atoms with van der Waals surface area (Å²) in [4.78, 5) is 13.2. The zero-order valence-corrected chi connectivity index (χ0v) is 19.2. The number of fused-ring (bicyclic) bond motifs is 1. The molecule has 0 aliphatic carbocycles. The highest BCUT2D eigenvalue weighted by Crippen LogP contribution is 2.36. The van der Waals surface area contributed by atoms with Crippen molar-refractivity contribution in [2.24, 2.45) is 16.6 Å². The molecule has 0 saturated heterocycles. The van der Waals surface area contributed by atoms with E-state index in [0.29, 0.717) is 34.1 Å². The summed E-state index contributed by atoms with van der Waals surface area (Å²) in [5.41, 5.74) is 12.0. The first-order valence-electron chi connectivity index (χ1n) is 9.89. The van der Waals surface area contributed by atoms with Crippen molar-refractivity contribution in [3.05, 3.63) is 65.2 Å². The standard InChI is InChI=1S/C22H28N4O5S/c1-13-19(23)26-17-11-15(7-10-18(17)30-13)22(24,20(27)31-21(2,3)4)12-14-5-8-16(9-6-14)32(25,28)29/h5-11,26H,12,23-24H2,1-4H3,(H2,25,28,29). The first-order valence-corrected chi connectivity index (χ1v) is 11.4. The Bertz CT molecular complexity index is 1180. The van der Waals surface area contributed by atoms with Crippen LogP contribution < -0.4 is 26.7 Å². The van der Waals surface area contributed by atoms with E-state index in [1.807, 2.05) is 0 Å². The molecule has 10 heteroatoms. The lowest BCUT2D eigenvalue weighted by molar-refractivity contribution is -0.162. The van der Waals surface area contributed by atoms with Crippen LogP contribution in [0.2, 0.25) is 0 Å². The van der Waals surface area contributed by atoms with E-state index in [9.17, 15) is 13.2 Å². The fraction of sp³-hybridized carbons (Fsp3) is 0.318. The molecule has 1 unspecified atom stereocenters. The van der Waals surface area contributed by atoms with Crippen molar-refractivity contribution in [3.63, 3.8) is 0 Å². The number of primary sulfonamides is 1. The number of nitrogens with one attached hydrogen (secondary N) is 1. The predicted octanol–water partition coefficient (Wildman–Crippen LogP) is 2.02. The summed E-state index contributed by atoms with van der Waals surface area (Å²) in [6, 6.07) is 11.0. The van der Waals surface area contributed by atoms with Crippen molar-refractivity contribution in [1.82, 2.24) is 0 Å². The van der Waals surface area contributed by atoms with Gasteiger partial charge in [0.1, 0.15) is 22.7 Å². The lowest BCUT2D eigenvalue weighted by Gasteiger charge is -2.33. The van der Waals surface area contributed by atoms with Gasteiger partial charge in [0.05, 0.1) is 10.6 Å².